The van der Waals surface area contributed by atoms with Crippen molar-refractivity contribution in [3.8, 4) is 11.3 Å². The van der Waals surface area contributed by atoms with Crippen LogP contribution in [0.4, 0.5) is 8.78 Å². The zero-order valence-corrected chi connectivity index (χ0v) is 19.6. The van der Waals surface area contributed by atoms with Crippen LogP contribution in [0.5, 0.6) is 0 Å². The average molecular weight is 499 g/mol. The molecule has 2 aromatic carbocycles. The van der Waals surface area contributed by atoms with Crippen LogP contribution in [0, 0.1) is 5.82 Å². The Hall–Kier alpha value is -3.24. The van der Waals surface area contributed by atoms with Crippen LogP contribution in [-0.4, -0.2) is 47.4 Å². The van der Waals surface area contributed by atoms with E-state index in [4.69, 9.17) is 0 Å². The molecule has 2 heterocycles. The highest BCUT2D eigenvalue weighted by molar-refractivity contribution is 7.89. The fourth-order valence-electron chi connectivity index (χ4n) is 4.29. The lowest BCUT2D eigenvalue weighted by Gasteiger charge is -2.23. The summed E-state index contributed by atoms with van der Waals surface area (Å²) in [5.41, 5.74) is 3.49. The molecular weight excluding hydrogens is 474 g/mol. The van der Waals surface area contributed by atoms with Crippen LogP contribution in [-0.2, 0) is 21.4 Å². The van der Waals surface area contributed by atoms with Gasteiger partial charge in [0.05, 0.1) is 22.8 Å². The highest BCUT2D eigenvalue weighted by atomic mass is 32.2. The van der Waals surface area contributed by atoms with Crippen LogP contribution >= 0.6 is 0 Å². The van der Waals surface area contributed by atoms with Crippen molar-refractivity contribution in [3.63, 3.8) is 0 Å². The standard InChI is InChI=1S/C25H24F2N4O3S/c26-19-7-9-22(10-8-19)35(33,34)31-14-20(27)11-24(31)25(32)28-13-21-12-23(30-15-29-21)18-5-3-17(4-6-18)16-1-2-16/h3-10,12,15-16,20,24H,1-2,11,13-14H2,(H,28,32). The molecule has 2 unspecified atom stereocenters. The van der Waals surface area contributed by atoms with Gasteiger partial charge in [0.15, 0.2) is 0 Å². The molecule has 1 aliphatic carbocycles. The summed E-state index contributed by atoms with van der Waals surface area (Å²) in [6, 6.07) is 13.0. The van der Waals surface area contributed by atoms with Crippen LogP contribution < -0.4 is 5.32 Å². The first-order valence-corrected chi connectivity index (χ1v) is 12.9. The summed E-state index contributed by atoms with van der Waals surface area (Å²) in [6.07, 6.45) is 2.12. The van der Waals surface area contributed by atoms with Crippen molar-refractivity contribution in [1.82, 2.24) is 19.6 Å². The van der Waals surface area contributed by atoms with Crippen molar-refractivity contribution in [1.29, 1.82) is 0 Å². The number of nitrogens with zero attached hydrogens (tertiary/aromatic N) is 3. The Bertz CT molecular complexity index is 1330. The zero-order valence-electron chi connectivity index (χ0n) is 18.8. The molecule has 7 nitrogen and oxygen atoms in total. The Morgan fingerprint density at radius 2 is 1.77 bits per heavy atom. The highest BCUT2D eigenvalue weighted by Gasteiger charge is 2.44. The quantitative estimate of drug-likeness (QED) is 0.538. The van der Waals surface area contributed by atoms with Crippen molar-refractivity contribution in [3.05, 3.63) is 78.0 Å². The van der Waals surface area contributed by atoms with E-state index in [0.717, 1.165) is 34.1 Å². The van der Waals surface area contributed by atoms with Crippen molar-refractivity contribution in [2.45, 2.75) is 48.8 Å². The number of hydrogen-bond donors (Lipinski definition) is 1. The molecule has 182 valence electrons. The number of nitrogens with one attached hydrogen (secondary N) is 1. The summed E-state index contributed by atoms with van der Waals surface area (Å²) in [4.78, 5) is 21.2. The minimum absolute atomic E-state index is 0.0341. The summed E-state index contributed by atoms with van der Waals surface area (Å²) in [5.74, 6) is -0.554. The van der Waals surface area contributed by atoms with Crippen molar-refractivity contribution in [2.75, 3.05) is 6.54 Å². The number of hydrogen-bond acceptors (Lipinski definition) is 5. The van der Waals surface area contributed by atoms with Gasteiger partial charge in [-0.3, -0.25) is 4.79 Å². The lowest BCUT2D eigenvalue weighted by molar-refractivity contribution is -0.124. The van der Waals surface area contributed by atoms with E-state index < -0.39 is 40.5 Å². The predicted octanol–water partition coefficient (Wildman–Crippen LogP) is 3.58. The Kier molecular flexibility index (Phi) is 6.33. The van der Waals surface area contributed by atoms with Gasteiger partial charge in [-0.25, -0.2) is 27.2 Å². The van der Waals surface area contributed by atoms with E-state index in [2.05, 4.69) is 27.4 Å². The monoisotopic (exact) mass is 498 g/mol. The Morgan fingerprint density at radius 1 is 1.06 bits per heavy atom. The van der Waals surface area contributed by atoms with Gasteiger partial charge in [-0.15, -0.1) is 0 Å². The second-order valence-corrected chi connectivity index (χ2v) is 10.8. The smallest absolute Gasteiger partial charge is 0.243 e. The van der Waals surface area contributed by atoms with Crippen LogP contribution in [0.2, 0.25) is 0 Å². The van der Waals surface area contributed by atoms with Gasteiger partial charge in [-0.05, 0) is 54.7 Å². The largest absolute Gasteiger partial charge is 0.349 e. The van der Waals surface area contributed by atoms with E-state index in [1.807, 2.05) is 12.1 Å². The molecule has 3 aromatic rings. The zero-order chi connectivity index (χ0) is 24.6. The molecule has 0 spiro atoms. The normalized spacial score (nSPS) is 20.6. The third-order valence-corrected chi connectivity index (χ3v) is 8.24. The second-order valence-electron chi connectivity index (χ2n) is 8.89. The maximum absolute atomic E-state index is 14.2. The summed E-state index contributed by atoms with van der Waals surface area (Å²) >= 11 is 0. The summed E-state index contributed by atoms with van der Waals surface area (Å²) in [5, 5.41) is 2.67. The number of rotatable bonds is 7. The Morgan fingerprint density at radius 3 is 2.46 bits per heavy atom. The van der Waals surface area contributed by atoms with Crippen LogP contribution in [0.3, 0.4) is 0 Å². The summed E-state index contributed by atoms with van der Waals surface area (Å²) in [7, 11) is -4.17. The van der Waals surface area contributed by atoms with Gasteiger partial charge in [0.2, 0.25) is 15.9 Å². The molecule has 1 saturated heterocycles. The third kappa shape index (κ3) is 5.08. The predicted molar refractivity (Wildman–Crippen MR) is 125 cm³/mol. The third-order valence-electron chi connectivity index (χ3n) is 6.35. The maximum atomic E-state index is 14.2. The highest BCUT2D eigenvalue weighted by Crippen LogP contribution is 2.40. The first-order valence-electron chi connectivity index (χ1n) is 11.4. The van der Waals surface area contributed by atoms with E-state index in [1.54, 1.807) is 6.07 Å². The molecule has 0 radical (unpaired) electrons. The second kappa shape index (κ2) is 9.43. The van der Waals surface area contributed by atoms with E-state index >= 15 is 0 Å². The van der Waals surface area contributed by atoms with E-state index in [9.17, 15) is 22.0 Å². The Labute approximate surface area is 202 Å². The molecule has 2 aliphatic rings. The number of benzene rings is 2. The van der Waals surface area contributed by atoms with Gasteiger partial charge in [-0.1, -0.05) is 24.3 Å². The number of sulfonamides is 1. The van der Waals surface area contributed by atoms with E-state index in [-0.39, 0.29) is 17.9 Å². The first-order chi connectivity index (χ1) is 16.8. The lowest BCUT2D eigenvalue weighted by atomic mass is 10.1. The molecule has 1 amide bonds. The van der Waals surface area contributed by atoms with Gasteiger partial charge in [0, 0.05) is 18.5 Å². The van der Waals surface area contributed by atoms with Gasteiger partial charge >= 0.3 is 0 Å². The van der Waals surface area contributed by atoms with Crippen molar-refractivity contribution < 1.29 is 22.0 Å². The molecule has 1 aromatic heterocycles. The van der Waals surface area contributed by atoms with Crippen LogP contribution in [0.1, 0.15) is 36.4 Å². The molecule has 1 saturated carbocycles. The SMILES string of the molecule is O=C(NCc1cc(-c2ccc(C3CC3)cc2)ncn1)C1CC(F)CN1S(=O)(=O)c1ccc(F)cc1. The minimum atomic E-state index is -4.17. The molecular formula is C25H24F2N4O3S. The number of amides is 1. The fourth-order valence-corrected chi connectivity index (χ4v) is 5.92. The Balaban J connectivity index is 1.27. The summed E-state index contributed by atoms with van der Waals surface area (Å²) in [6.45, 7) is -0.404. The average Bonchev–Trinajstić information content (AvgIpc) is 3.64. The molecule has 2 fully saturated rings. The lowest BCUT2D eigenvalue weighted by Crippen LogP contribution is -2.45. The van der Waals surface area contributed by atoms with E-state index in [1.165, 1.54) is 24.7 Å². The number of halogens is 2. The van der Waals surface area contributed by atoms with Gasteiger partial charge < -0.3 is 5.32 Å². The number of carbonyl (C=O) groups excluding carboxylic acids is 1. The van der Waals surface area contributed by atoms with Crippen LogP contribution in [0.25, 0.3) is 11.3 Å². The number of alkyl halides is 1. The molecule has 35 heavy (non-hydrogen) atoms. The van der Waals surface area contributed by atoms with Crippen molar-refractivity contribution in [2.24, 2.45) is 0 Å². The first kappa shape index (κ1) is 23.5. The molecule has 5 rings (SSSR count). The minimum Gasteiger partial charge on any atom is -0.349 e. The molecule has 2 atom stereocenters. The molecule has 10 heteroatoms. The molecule has 1 N–H and O–H groups in total. The summed E-state index contributed by atoms with van der Waals surface area (Å²) < 4.78 is 54.3. The van der Waals surface area contributed by atoms with Gasteiger partial charge in [0.1, 0.15) is 24.4 Å². The van der Waals surface area contributed by atoms with Crippen molar-refractivity contribution >= 4 is 15.9 Å². The van der Waals surface area contributed by atoms with Gasteiger partial charge in [-0.2, -0.15) is 4.31 Å². The number of aromatic nitrogens is 2. The molecule has 1 aliphatic heterocycles. The van der Waals surface area contributed by atoms with Crippen LogP contribution in [0.15, 0.2) is 65.8 Å². The van der Waals surface area contributed by atoms with E-state index in [0.29, 0.717) is 17.3 Å². The molecule has 0 bridgehead atoms. The topological polar surface area (TPSA) is 92.3 Å². The fraction of sp³-hybridized carbons (Fsp3) is 0.320. The number of carbonyl (C=O) groups is 1. The maximum Gasteiger partial charge on any atom is 0.243 e. The van der Waals surface area contributed by atoms with Gasteiger partial charge in [0.25, 0.3) is 0 Å².